The van der Waals surface area contributed by atoms with Gasteiger partial charge in [0.05, 0.1) is 17.1 Å². The Morgan fingerprint density at radius 3 is 1.91 bits per heavy atom. The van der Waals surface area contributed by atoms with E-state index in [4.69, 9.17) is 4.42 Å². The van der Waals surface area contributed by atoms with Gasteiger partial charge in [0.1, 0.15) is 5.58 Å². The van der Waals surface area contributed by atoms with Crippen LogP contribution in [-0.2, 0) is 5.41 Å². The van der Waals surface area contributed by atoms with Crippen LogP contribution < -0.4 is 4.90 Å². The highest BCUT2D eigenvalue weighted by atomic mass is 16.3. The molecular formula is C55H37NO. The molecule has 1 aromatic heterocycles. The first kappa shape index (κ1) is 32.1. The van der Waals surface area contributed by atoms with Gasteiger partial charge < -0.3 is 9.32 Å². The van der Waals surface area contributed by atoms with Crippen LogP contribution in [0.2, 0.25) is 0 Å². The Bertz CT molecular complexity index is 3390. The molecule has 2 nitrogen and oxygen atoms in total. The predicted octanol–water partition coefficient (Wildman–Crippen LogP) is 15.6. The smallest absolute Gasteiger partial charge is 0.159 e. The molecule has 12 rings (SSSR count). The van der Waals surface area contributed by atoms with Crippen molar-refractivity contribution >= 4 is 71.3 Å². The summed E-state index contributed by atoms with van der Waals surface area (Å²) in [5.41, 5.74) is 15.2. The van der Waals surface area contributed by atoms with Crippen molar-refractivity contribution in [3.63, 3.8) is 0 Å². The minimum Gasteiger partial charge on any atom is -0.454 e. The lowest BCUT2D eigenvalue weighted by Crippen LogP contribution is -2.14. The summed E-state index contributed by atoms with van der Waals surface area (Å²) in [4.78, 5) is 2.43. The van der Waals surface area contributed by atoms with Crippen LogP contribution >= 0.6 is 0 Å². The van der Waals surface area contributed by atoms with Gasteiger partial charge in [0, 0.05) is 27.1 Å². The third kappa shape index (κ3) is 4.59. The molecule has 268 valence electrons. The Balaban J connectivity index is 1.13. The van der Waals surface area contributed by atoms with Crippen LogP contribution in [0, 0.1) is 0 Å². The van der Waals surface area contributed by atoms with E-state index in [1.165, 1.54) is 65.7 Å². The van der Waals surface area contributed by atoms with E-state index in [1.807, 2.05) is 6.07 Å². The number of rotatable bonds is 5. The lowest BCUT2D eigenvalue weighted by atomic mass is 9.82. The van der Waals surface area contributed by atoms with Gasteiger partial charge in [-0.25, -0.2) is 0 Å². The number of nitrogens with zero attached hydrogens (tertiary/aromatic N) is 1. The summed E-state index contributed by atoms with van der Waals surface area (Å²) >= 11 is 0. The summed E-state index contributed by atoms with van der Waals surface area (Å²) in [5.74, 6) is 0. The van der Waals surface area contributed by atoms with Crippen molar-refractivity contribution in [3.8, 4) is 33.4 Å². The molecule has 0 spiro atoms. The summed E-state index contributed by atoms with van der Waals surface area (Å²) in [6.07, 6.45) is 0. The van der Waals surface area contributed by atoms with Crippen molar-refractivity contribution in [2.75, 3.05) is 4.90 Å². The van der Waals surface area contributed by atoms with E-state index in [0.717, 1.165) is 50.1 Å². The number of benzene rings is 10. The van der Waals surface area contributed by atoms with Crippen LogP contribution in [0.4, 0.5) is 17.1 Å². The Kier molecular flexibility index (Phi) is 6.72. The molecule has 0 atom stereocenters. The average Bonchev–Trinajstić information content (AvgIpc) is 3.76. The molecule has 0 saturated heterocycles. The highest BCUT2D eigenvalue weighted by molar-refractivity contribution is 6.28. The van der Waals surface area contributed by atoms with Crippen molar-refractivity contribution < 1.29 is 4.42 Å². The summed E-state index contributed by atoms with van der Waals surface area (Å²) < 4.78 is 6.77. The largest absolute Gasteiger partial charge is 0.454 e. The quantitative estimate of drug-likeness (QED) is 0.164. The fourth-order valence-corrected chi connectivity index (χ4v) is 9.95. The summed E-state index contributed by atoms with van der Waals surface area (Å²) in [5, 5.41) is 9.73. The second kappa shape index (κ2) is 11.9. The third-order valence-electron chi connectivity index (χ3n) is 12.6. The maximum atomic E-state index is 6.77. The van der Waals surface area contributed by atoms with Crippen LogP contribution in [-0.4, -0.2) is 0 Å². The minimum absolute atomic E-state index is 0.0266. The molecular weight excluding hydrogens is 691 g/mol. The Morgan fingerprint density at radius 1 is 0.386 bits per heavy atom. The third-order valence-corrected chi connectivity index (χ3v) is 12.6. The molecule has 0 unspecified atom stereocenters. The van der Waals surface area contributed by atoms with Crippen molar-refractivity contribution in [2.45, 2.75) is 19.3 Å². The molecule has 0 aliphatic heterocycles. The normalized spacial score (nSPS) is 13.2. The highest BCUT2D eigenvalue weighted by Crippen LogP contribution is 2.52. The SMILES string of the molecule is CC1(C)c2ccccc2-c2cc(-c3ccc4ccc5c(N(c6ccccc6-c6ccccc6)c6cccc7c6oc6ccccc67)ccc6ccc3c4c65)ccc21. The first-order valence-corrected chi connectivity index (χ1v) is 19.8. The second-order valence-corrected chi connectivity index (χ2v) is 16.0. The second-order valence-electron chi connectivity index (χ2n) is 16.0. The van der Waals surface area contributed by atoms with Gasteiger partial charge >= 0.3 is 0 Å². The molecule has 10 aromatic carbocycles. The Morgan fingerprint density at radius 2 is 1.04 bits per heavy atom. The zero-order chi connectivity index (χ0) is 37.8. The van der Waals surface area contributed by atoms with Crippen molar-refractivity contribution in [1.29, 1.82) is 0 Å². The Hall–Kier alpha value is -7.16. The zero-order valence-corrected chi connectivity index (χ0v) is 31.8. The lowest BCUT2D eigenvalue weighted by Gasteiger charge is -2.29. The van der Waals surface area contributed by atoms with E-state index in [2.05, 4.69) is 201 Å². The van der Waals surface area contributed by atoms with Crippen LogP contribution in [0.3, 0.4) is 0 Å². The monoisotopic (exact) mass is 727 g/mol. The van der Waals surface area contributed by atoms with Crippen molar-refractivity contribution in [2.24, 2.45) is 0 Å². The van der Waals surface area contributed by atoms with Gasteiger partial charge in [0.2, 0.25) is 0 Å². The summed E-state index contributed by atoms with van der Waals surface area (Å²) in [6, 6.07) is 68.9. The fraction of sp³-hybridized carbons (Fsp3) is 0.0545. The predicted molar refractivity (Wildman–Crippen MR) is 241 cm³/mol. The summed E-state index contributed by atoms with van der Waals surface area (Å²) in [6.45, 7) is 4.70. The van der Waals surface area contributed by atoms with Gasteiger partial charge in [-0.2, -0.15) is 0 Å². The van der Waals surface area contributed by atoms with E-state index >= 15 is 0 Å². The van der Waals surface area contributed by atoms with Gasteiger partial charge in [-0.15, -0.1) is 0 Å². The molecule has 0 amide bonds. The molecule has 11 aromatic rings. The molecule has 0 N–H and O–H groups in total. The average molecular weight is 728 g/mol. The van der Waals surface area contributed by atoms with Crippen LogP contribution in [0.1, 0.15) is 25.0 Å². The molecule has 57 heavy (non-hydrogen) atoms. The molecule has 1 aliphatic carbocycles. The van der Waals surface area contributed by atoms with E-state index in [0.29, 0.717) is 0 Å². The van der Waals surface area contributed by atoms with Gasteiger partial charge in [-0.3, -0.25) is 0 Å². The minimum atomic E-state index is -0.0266. The number of hydrogen-bond acceptors (Lipinski definition) is 2. The van der Waals surface area contributed by atoms with Crippen LogP contribution in [0.15, 0.2) is 192 Å². The first-order chi connectivity index (χ1) is 28.0. The van der Waals surface area contributed by atoms with Gasteiger partial charge in [-0.05, 0) is 96.2 Å². The van der Waals surface area contributed by atoms with Crippen LogP contribution in [0.25, 0.3) is 87.6 Å². The highest BCUT2D eigenvalue weighted by Gasteiger charge is 2.35. The van der Waals surface area contributed by atoms with Crippen molar-refractivity contribution in [3.05, 3.63) is 199 Å². The number of fused-ring (bicyclic) bond motifs is 6. The molecule has 1 aliphatic rings. The number of hydrogen-bond donors (Lipinski definition) is 0. The van der Waals surface area contributed by atoms with E-state index in [9.17, 15) is 0 Å². The molecule has 0 radical (unpaired) electrons. The number of anilines is 3. The number of furan rings is 1. The maximum absolute atomic E-state index is 6.77. The molecule has 0 bridgehead atoms. The lowest BCUT2D eigenvalue weighted by molar-refractivity contribution is 0.660. The number of para-hydroxylation sites is 3. The zero-order valence-electron chi connectivity index (χ0n) is 31.8. The molecule has 1 heterocycles. The van der Waals surface area contributed by atoms with E-state index in [-0.39, 0.29) is 5.41 Å². The maximum Gasteiger partial charge on any atom is 0.159 e. The van der Waals surface area contributed by atoms with Crippen LogP contribution in [0.5, 0.6) is 0 Å². The molecule has 2 heteroatoms. The first-order valence-electron chi connectivity index (χ1n) is 19.8. The van der Waals surface area contributed by atoms with Gasteiger partial charge in [0.15, 0.2) is 5.58 Å². The fourth-order valence-electron chi connectivity index (χ4n) is 9.95. The van der Waals surface area contributed by atoms with Gasteiger partial charge in [-0.1, -0.05) is 172 Å². The Labute approximate surface area is 331 Å². The topological polar surface area (TPSA) is 16.4 Å². The van der Waals surface area contributed by atoms with Crippen molar-refractivity contribution in [1.82, 2.24) is 0 Å². The summed E-state index contributed by atoms with van der Waals surface area (Å²) in [7, 11) is 0. The standard InChI is InChI=1S/C55H37NO/c1-55(2)46-19-9-6-16-40(46)45-33-37(26-31-47(45)55)38-28-23-35-25-30-44-49(32-27-36-24-29-42(38)52(35)53(36)44)56(48-20-10-7-15-39(48)34-13-4-3-5-14-34)50-21-12-18-43-41-17-8-11-22-51(41)57-54(43)50/h3-33H,1-2H3. The molecule has 0 fully saturated rings. The van der Waals surface area contributed by atoms with E-state index < -0.39 is 0 Å². The van der Waals surface area contributed by atoms with E-state index in [1.54, 1.807) is 0 Å². The molecule has 0 saturated carbocycles. The van der Waals surface area contributed by atoms with Gasteiger partial charge in [0.25, 0.3) is 0 Å².